The Kier molecular flexibility index (Phi) is 29.1. The first kappa shape index (κ1) is 46.7. The molecule has 0 aliphatic carbocycles. The monoisotopic (exact) mass is 714 g/mol. The van der Waals surface area contributed by atoms with E-state index in [4.69, 9.17) is 9.47 Å². The number of rotatable bonds is 32. The van der Waals surface area contributed by atoms with Crippen molar-refractivity contribution in [1.82, 2.24) is 5.32 Å². The average molecular weight is 714 g/mol. The third-order valence-electron chi connectivity index (χ3n) is 9.64. The van der Waals surface area contributed by atoms with Gasteiger partial charge in [-0.3, -0.25) is 4.79 Å². The molecule has 0 aromatic carbocycles. The molecular formula is C40H75NO9. The summed E-state index contributed by atoms with van der Waals surface area (Å²) in [5.74, 6) is -0.628. The summed E-state index contributed by atoms with van der Waals surface area (Å²) >= 11 is 0. The second-order valence-electron chi connectivity index (χ2n) is 14.2. The van der Waals surface area contributed by atoms with E-state index in [1.54, 1.807) is 6.08 Å². The van der Waals surface area contributed by atoms with Gasteiger partial charge in [-0.1, -0.05) is 154 Å². The summed E-state index contributed by atoms with van der Waals surface area (Å²) in [4.78, 5) is 12.9. The maximum atomic E-state index is 12.9. The van der Waals surface area contributed by atoms with Crippen LogP contribution in [0.3, 0.4) is 0 Å². The zero-order chi connectivity index (χ0) is 36.8. The number of amides is 1. The Balaban J connectivity index is 2.54. The first-order valence-electron chi connectivity index (χ1n) is 20.2. The van der Waals surface area contributed by atoms with Crippen molar-refractivity contribution in [3.63, 3.8) is 0 Å². The molecule has 0 unspecified atom stereocenters. The van der Waals surface area contributed by atoms with E-state index in [2.05, 4.69) is 31.3 Å². The number of aliphatic hydroxyl groups excluding tert-OH is 6. The maximum absolute atomic E-state index is 12.9. The first-order chi connectivity index (χ1) is 24.3. The van der Waals surface area contributed by atoms with E-state index >= 15 is 0 Å². The van der Waals surface area contributed by atoms with Crippen LogP contribution in [0.5, 0.6) is 0 Å². The van der Waals surface area contributed by atoms with Gasteiger partial charge in [-0.25, -0.2) is 0 Å². The van der Waals surface area contributed by atoms with E-state index in [1.165, 1.54) is 96.3 Å². The summed E-state index contributed by atoms with van der Waals surface area (Å²) in [6.07, 6.45) is 24.1. The van der Waals surface area contributed by atoms with E-state index in [0.29, 0.717) is 19.3 Å². The molecule has 50 heavy (non-hydrogen) atoms. The summed E-state index contributed by atoms with van der Waals surface area (Å²) in [6.45, 7) is 3.54. The number of ether oxygens (including phenoxy) is 2. The molecule has 1 amide bonds. The highest BCUT2D eigenvalue weighted by molar-refractivity contribution is 5.80. The minimum Gasteiger partial charge on any atom is -0.394 e. The third kappa shape index (κ3) is 21.9. The van der Waals surface area contributed by atoms with Gasteiger partial charge >= 0.3 is 0 Å². The van der Waals surface area contributed by atoms with Gasteiger partial charge in [0, 0.05) is 0 Å². The van der Waals surface area contributed by atoms with Crippen LogP contribution in [0.2, 0.25) is 0 Å². The quantitative estimate of drug-likeness (QED) is 0.0320. The van der Waals surface area contributed by atoms with Gasteiger partial charge in [0.05, 0.1) is 25.4 Å². The second kappa shape index (κ2) is 31.2. The fraction of sp³-hybridized carbons (Fsp3) is 0.875. The second-order valence-corrected chi connectivity index (χ2v) is 14.2. The average Bonchev–Trinajstić information content (AvgIpc) is 3.11. The molecule has 0 radical (unpaired) electrons. The summed E-state index contributed by atoms with van der Waals surface area (Å²) < 4.78 is 11.1. The standard InChI is InChI=1S/C40H75NO9/c1-3-5-7-9-11-13-15-17-19-20-22-24-26-28-33(43)32(31-49-40-38(47)37(46)36(45)35(30-42)50-40)41-39(48)34(44)29-27-25-23-21-18-16-14-12-10-8-6-4-2/h19-20,26,28,32-38,40,42-47H,3-18,21-25,27,29-31H2,1-2H3,(H,41,48)/b20-19+,28-26+/t32-,33+,34+,35+,36+,37-,38+,40+/m1/s1. The number of hydrogen-bond donors (Lipinski definition) is 7. The van der Waals surface area contributed by atoms with Gasteiger partial charge in [0.2, 0.25) is 5.91 Å². The predicted molar refractivity (Wildman–Crippen MR) is 199 cm³/mol. The normalized spacial score (nSPS) is 23.1. The molecule has 1 rings (SSSR count). The van der Waals surface area contributed by atoms with Crippen LogP contribution in [0.15, 0.2) is 24.3 Å². The van der Waals surface area contributed by atoms with Gasteiger partial charge in [0.15, 0.2) is 6.29 Å². The highest BCUT2D eigenvalue weighted by atomic mass is 16.7. The Hall–Kier alpha value is -1.37. The number of nitrogens with one attached hydrogen (secondary N) is 1. The number of carbonyl (C=O) groups excluding carboxylic acids is 1. The Bertz CT molecular complexity index is 855. The molecule has 0 bridgehead atoms. The van der Waals surface area contributed by atoms with Crippen LogP contribution in [-0.2, 0) is 14.3 Å². The van der Waals surface area contributed by atoms with Crippen molar-refractivity contribution < 1.29 is 44.9 Å². The van der Waals surface area contributed by atoms with Crippen molar-refractivity contribution in [1.29, 1.82) is 0 Å². The van der Waals surface area contributed by atoms with Gasteiger partial charge in [0.25, 0.3) is 0 Å². The smallest absolute Gasteiger partial charge is 0.249 e. The molecule has 10 heteroatoms. The van der Waals surface area contributed by atoms with E-state index in [1.807, 2.05) is 6.08 Å². The van der Waals surface area contributed by atoms with Crippen LogP contribution >= 0.6 is 0 Å². The zero-order valence-electron chi connectivity index (χ0n) is 31.5. The van der Waals surface area contributed by atoms with Gasteiger partial charge in [-0.05, 0) is 32.1 Å². The number of carbonyl (C=O) groups is 1. The lowest BCUT2D eigenvalue weighted by atomic mass is 9.99. The number of hydrogen-bond acceptors (Lipinski definition) is 9. The zero-order valence-corrected chi connectivity index (χ0v) is 31.5. The van der Waals surface area contributed by atoms with Crippen LogP contribution in [0.25, 0.3) is 0 Å². The van der Waals surface area contributed by atoms with Crippen molar-refractivity contribution in [3.05, 3.63) is 24.3 Å². The molecule has 8 atom stereocenters. The maximum Gasteiger partial charge on any atom is 0.249 e. The highest BCUT2D eigenvalue weighted by Crippen LogP contribution is 2.22. The Morgan fingerprint density at radius 2 is 1.18 bits per heavy atom. The molecule has 1 fully saturated rings. The van der Waals surface area contributed by atoms with Gasteiger partial charge in [0.1, 0.15) is 30.5 Å². The molecule has 1 heterocycles. The van der Waals surface area contributed by atoms with Crippen LogP contribution in [-0.4, -0.2) is 98.7 Å². The molecule has 7 N–H and O–H groups in total. The molecule has 0 aromatic heterocycles. The van der Waals surface area contributed by atoms with Crippen molar-refractivity contribution in [2.75, 3.05) is 13.2 Å². The van der Waals surface area contributed by atoms with Gasteiger partial charge < -0.3 is 45.4 Å². The minimum absolute atomic E-state index is 0.306. The van der Waals surface area contributed by atoms with Gasteiger partial charge in [-0.15, -0.1) is 0 Å². The highest BCUT2D eigenvalue weighted by Gasteiger charge is 2.44. The van der Waals surface area contributed by atoms with Crippen LogP contribution in [0, 0.1) is 0 Å². The van der Waals surface area contributed by atoms with E-state index in [-0.39, 0.29) is 6.61 Å². The Labute approximate surface area is 303 Å². The van der Waals surface area contributed by atoms with Gasteiger partial charge in [-0.2, -0.15) is 0 Å². The van der Waals surface area contributed by atoms with Crippen molar-refractivity contribution >= 4 is 5.91 Å². The summed E-state index contributed by atoms with van der Waals surface area (Å²) in [5, 5.41) is 64.3. The summed E-state index contributed by atoms with van der Waals surface area (Å²) in [5.41, 5.74) is 0. The van der Waals surface area contributed by atoms with Crippen LogP contribution in [0.1, 0.15) is 162 Å². The van der Waals surface area contributed by atoms with Crippen molar-refractivity contribution in [3.8, 4) is 0 Å². The largest absolute Gasteiger partial charge is 0.394 e. The lowest BCUT2D eigenvalue weighted by molar-refractivity contribution is -0.302. The third-order valence-corrected chi connectivity index (χ3v) is 9.64. The summed E-state index contributed by atoms with van der Waals surface area (Å²) in [7, 11) is 0. The van der Waals surface area contributed by atoms with Crippen molar-refractivity contribution in [2.24, 2.45) is 0 Å². The molecule has 1 aliphatic heterocycles. The predicted octanol–water partition coefficient (Wildman–Crippen LogP) is 6.13. The molecule has 1 saturated heterocycles. The SMILES string of the molecule is CCCCCCCCC/C=C/CC/C=C/[C@H](O)[C@@H](CO[C@H]1O[C@@H](CO)[C@H](O)[C@@H](O)[C@@H]1O)NC(=O)[C@@H](O)CCCCCCCCCCCCCC. The Morgan fingerprint density at radius 3 is 1.74 bits per heavy atom. The molecule has 0 spiro atoms. The number of aliphatic hydroxyl groups is 6. The molecule has 1 aliphatic rings. The summed E-state index contributed by atoms with van der Waals surface area (Å²) in [6, 6.07) is -0.990. The lowest BCUT2D eigenvalue weighted by Crippen LogP contribution is -2.60. The Morgan fingerprint density at radius 1 is 0.680 bits per heavy atom. The van der Waals surface area contributed by atoms with E-state index < -0.39 is 61.5 Å². The van der Waals surface area contributed by atoms with Crippen LogP contribution < -0.4 is 5.32 Å². The van der Waals surface area contributed by atoms with E-state index in [9.17, 15) is 35.4 Å². The molecule has 294 valence electrons. The topological polar surface area (TPSA) is 169 Å². The van der Waals surface area contributed by atoms with Crippen molar-refractivity contribution in [2.45, 2.75) is 210 Å². The molecule has 0 aromatic rings. The number of unbranched alkanes of at least 4 members (excludes halogenated alkanes) is 19. The fourth-order valence-electron chi connectivity index (χ4n) is 6.24. The van der Waals surface area contributed by atoms with Crippen LogP contribution in [0.4, 0.5) is 0 Å². The van der Waals surface area contributed by atoms with E-state index in [0.717, 1.165) is 32.1 Å². The fourth-order valence-corrected chi connectivity index (χ4v) is 6.24. The number of allylic oxidation sites excluding steroid dienone is 3. The first-order valence-corrected chi connectivity index (χ1v) is 20.2. The molecular weight excluding hydrogens is 638 g/mol. The molecule has 0 saturated carbocycles. The minimum atomic E-state index is -1.61. The molecule has 10 nitrogen and oxygen atoms in total. The lowest BCUT2D eigenvalue weighted by Gasteiger charge is -2.40.